The van der Waals surface area contributed by atoms with Gasteiger partial charge in [0.15, 0.2) is 11.2 Å². The first-order valence-electron chi connectivity index (χ1n) is 7.27. The normalized spacial score (nSPS) is 12.8. The lowest BCUT2D eigenvalue weighted by Gasteiger charge is -2.19. The molecule has 0 fully saturated rings. The minimum atomic E-state index is -1.41. The molecular formula is C18H20ClNO2S. The molecule has 1 atom stereocenters. The average molecular weight is 350 g/mol. The zero-order chi connectivity index (χ0) is 17.2. The summed E-state index contributed by atoms with van der Waals surface area (Å²) in [6.07, 6.45) is 0.712. The fourth-order valence-corrected chi connectivity index (χ4v) is 3.36. The Morgan fingerprint density at radius 3 is 2.26 bits per heavy atom. The largest absolute Gasteiger partial charge is 0.588 e. The molecule has 2 rings (SSSR count). The number of benzene rings is 2. The molecule has 23 heavy (non-hydrogen) atoms. The highest BCUT2D eigenvalue weighted by atomic mass is 35.5. The summed E-state index contributed by atoms with van der Waals surface area (Å²) in [6.45, 7) is 8.18. The lowest BCUT2D eigenvalue weighted by Crippen LogP contribution is -2.15. The maximum absolute atomic E-state index is 12.5. The van der Waals surface area contributed by atoms with Crippen LogP contribution in [0.4, 0.5) is 5.69 Å². The van der Waals surface area contributed by atoms with Crippen LogP contribution in [0.25, 0.3) is 0 Å². The van der Waals surface area contributed by atoms with Crippen LogP contribution in [0.1, 0.15) is 42.3 Å². The summed E-state index contributed by atoms with van der Waals surface area (Å²) in [5, 5.41) is 0.392. The van der Waals surface area contributed by atoms with Gasteiger partial charge in [-0.25, -0.2) is 4.72 Å². The molecule has 3 nitrogen and oxygen atoms in total. The summed E-state index contributed by atoms with van der Waals surface area (Å²) < 4.78 is 15.4. The first kappa shape index (κ1) is 17.9. The van der Waals surface area contributed by atoms with Crippen LogP contribution >= 0.6 is 11.6 Å². The number of hydrogen-bond donors (Lipinski definition) is 1. The molecule has 122 valence electrons. The van der Waals surface area contributed by atoms with Gasteiger partial charge in [0, 0.05) is 5.56 Å². The zero-order valence-electron chi connectivity index (χ0n) is 13.6. The molecule has 0 radical (unpaired) electrons. The molecule has 0 saturated heterocycles. The van der Waals surface area contributed by atoms with E-state index in [9.17, 15) is 9.35 Å². The molecular weight excluding hydrogens is 330 g/mol. The SMILES string of the molecule is Cc1c(N[S+]([O-])c2ccc(C(C)(C)C)cc2)ccc(Cl)c1C=O. The van der Waals surface area contributed by atoms with E-state index in [0.29, 0.717) is 33.0 Å². The maximum Gasteiger partial charge on any atom is 0.179 e. The highest BCUT2D eigenvalue weighted by molar-refractivity contribution is 7.92. The van der Waals surface area contributed by atoms with E-state index in [1.165, 1.54) is 5.56 Å². The molecule has 0 aliphatic carbocycles. The van der Waals surface area contributed by atoms with Crippen molar-refractivity contribution < 1.29 is 9.35 Å². The number of rotatable bonds is 4. The molecule has 0 bridgehead atoms. The number of hydrogen-bond acceptors (Lipinski definition) is 3. The number of carbonyl (C=O) groups is 1. The third kappa shape index (κ3) is 4.08. The Bertz CT molecular complexity index is 708. The Labute approximate surface area is 145 Å². The third-order valence-electron chi connectivity index (χ3n) is 3.72. The number of anilines is 1. The van der Waals surface area contributed by atoms with Crippen molar-refractivity contribution in [3.8, 4) is 0 Å². The Kier molecular flexibility index (Phi) is 5.40. The van der Waals surface area contributed by atoms with Crippen LogP contribution in [0.5, 0.6) is 0 Å². The van der Waals surface area contributed by atoms with E-state index < -0.39 is 11.4 Å². The molecule has 2 aromatic carbocycles. The minimum absolute atomic E-state index is 0.0546. The number of carbonyl (C=O) groups excluding carboxylic acids is 1. The molecule has 0 heterocycles. The van der Waals surface area contributed by atoms with E-state index >= 15 is 0 Å². The maximum atomic E-state index is 12.5. The Hall–Kier alpha value is -1.49. The van der Waals surface area contributed by atoms with Gasteiger partial charge in [0.05, 0.1) is 10.7 Å². The summed E-state index contributed by atoms with van der Waals surface area (Å²) >= 11 is 4.57. The second kappa shape index (κ2) is 6.95. The topological polar surface area (TPSA) is 52.2 Å². The fraction of sp³-hybridized carbons (Fsp3) is 0.278. The van der Waals surface area contributed by atoms with Crippen molar-refractivity contribution >= 4 is 34.9 Å². The van der Waals surface area contributed by atoms with Crippen LogP contribution in [0.2, 0.25) is 5.02 Å². The minimum Gasteiger partial charge on any atom is -0.588 e. The molecule has 0 spiro atoms. The average Bonchev–Trinajstić information content (AvgIpc) is 2.50. The Balaban J connectivity index is 2.23. The number of halogens is 1. The standard InChI is InChI=1S/C18H20ClNO2S/c1-12-15(11-21)16(19)9-10-17(12)20-23(22)14-7-5-13(6-8-14)18(2,3)4/h5-11,20H,1-4H3. The summed E-state index contributed by atoms with van der Waals surface area (Å²) in [5.41, 5.74) is 2.97. The molecule has 0 amide bonds. The summed E-state index contributed by atoms with van der Waals surface area (Å²) in [4.78, 5) is 11.8. The van der Waals surface area contributed by atoms with Crippen molar-refractivity contribution in [3.63, 3.8) is 0 Å². The van der Waals surface area contributed by atoms with Gasteiger partial charge in [-0.15, -0.1) is 0 Å². The van der Waals surface area contributed by atoms with E-state index in [2.05, 4.69) is 25.5 Å². The molecule has 0 aliphatic rings. The van der Waals surface area contributed by atoms with Gasteiger partial charge < -0.3 is 4.55 Å². The lowest BCUT2D eigenvalue weighted by atomic mass is 9.87. The smallest absolute Gasteiger partial charge is 0.179 e. The van der Waals surface area contributed by atoms with E-state index in [-0.39, 0.29) is 5.41 Å². The predicted octanol–water partition coefficient (Wildman–Crippen LogP) is 4.89. The quantitative estimate of drug-likeness (QED) is 0.631. The van der Waals surface area contributed by atoms with E-state index in [1.807, 2.05) is 24.3 Å². The number of nitrogens with one attached hydrogen (secondary N) is 1. The first-order chi connectivity index (χ1) is 10.7. The molecule has 2 aromatic rings. The molecule has 0 aromatic heterocycles. The van der Waals surface area contributed by atoms with Gasteiger partial charge in [0.25, 0.3) is 0 Å². The van der Waals surface area contributed by atoms with Gasteiger partial charge in [-0.3, -0.25) is 4.79 Å². The molecule has 0 saturated carbocycles. The van der Waals surface area contributed by atoms with Gasteiger partial charge >= 0.3 is 0 Å². The van der Waals surface area contributed by atoms with E-state index in [4.69, 9.17) is 11.6 Å². The van der Waals surface area contributed by atoms with Crippen LogP contribution in [0.3, 0.4) is 0 Å². The van der Waals surface area contributed by atoms with Gasteiger partial charge in [0.1, 0.15) is 11.4 Å². The van der Waals surface area contributed by atoms with E-state index in [0.717, 1.165) is 0 Å². The van der Waals surface area contributed by atoms with Crippen LogP contribution in [0, 0.1) is 6.92 Å². The van der Waals surface area contributed by atoms with Gasteiger partial charge in [-0.1, -0.05) is 44.5 Å². The molecule has 0 aliphatic heterocycles. The van der Waals surface area contributed by atoms with Crippen molar-refractivity contribution in [2.45, 2.75) is 38.0 Å². The highest BCUT2D eigenvalue weighted by Gasteiger charge is 2.18. The highest BCUT2D eigenvalue weighted by Crippen LogP contribution is 2.28. The van der Waals surface area contributed by atoms with Crippen LogP contribution < -0.4 is 4.72 Å². The lowest BCUT2D eigenvalue weighted by molar-refractivity contribution is 0.112. The monoisotopic (exact) mass is 349 g/mol. The third-order valence-corrected chi connectivity index (χ3v) is 5.15. The van der Waals surface area contributed by atoms with Crippen LogP contribution in [-0.4, -0.2) is 10.8 Å². The van der Waals surface area contributed by atoms with Crippen molar-refractivity contribution in [1.82, 2.24) is 0 Å². The van der Waals surface area contributed by atoms with Gasteiger partial charge in [-0.05, 0) is 47.7 Å². The van der Waals surface area contributed by atoms with Gasteiger partial charge in [-0.2, -0.15) is 0 Å². The Morgan fingerprint density at radius 2 is 1.74 bits per heavy atom. The fourth-order valence-electron chi connectivity index (χ4n) is 2.19. The predicted molar refractivity (Wildman–Crippen MR) is 96.7 cm³/mol. The van der Waals surface area contributed by atoms with Crippen molar-refractivity contribution in [2.24, 2.45) is 0 Å². The molecule has 1 unspecified atom stereocenters. The summed E-state index contributed by atoms with van der Waals surface area (Å²) in [5.74, 6) is 0. The van der Waals surface area contributed by atoms with Crippen molar-refractivity contribution in [3.05, 3.63) is 58.1 Å². The van der Waals surface area contributed by atoms with Gasteiger partial charge in [0.2, 0.25) is 0 Å². The van der Waals surface area contributed by atoms with Crippen LogP contribution in [-0.2, 0) is 16.8 Å². The summed E-state index contributed by atoms with van der Waals surface area (Å²) in [7, 11) is 0. The number of aldehydes is 1. The van der Waals surface area contributed by atoms with Crippen LogP contribution in [0.15, 0.2) is 41.3 Å². The Morgan fingerprint density at radius 1 is 1.13 bits per heavy atom. The molecule has 1 N–H and O–H groups in total. The van der Waals surface area contributed by atoms with E-state index in [1.54, 1.807) is 19.1 Å². The second-order valence-electron chi connectivity index (χ2n) is 6.40. The zero-order valence-corrected chi connectivity index (χ0v) is 15.2. The van der Waals surface area contributed by atoms with Crippen molar-refractivity contribution in [1.29, 1.82) is 0 Å². The van der Waals surface area contributed by atoms with Crippen molar-refractivity contribution in [2.75, 3.05) is 4.72 Å². The summed E-state index contributed by atoms with van der Waals surface area (Å²) in [6, 6.07) is 11.0. The first-order valence-corrected chi connectivity index (χ1v) is 8.80. The second-order valence-corrected chi connectivity index (χ2v) is 8.02. The molecule has 5 heteroatoms.